The number of carboxylic acid groups (broad SMARTS) is 1. The molecule has 2 aliphatic rings. The zero-order chi connectivity index (χ0) is 26.0. The van der Waals surface area contributed by atoms with Crippen molar-refractivity contribution < 1.29 is 19.9 Å². The van der Waals surface area contributed by atoms with Gasteiger partial charge in [0.15, 0.2) is 0 Å². The first-order chi connectivity index (χ1) is 18.0. The highest BCUT2D eigenvalue weighted by molar-refractivity contribution is 5.93. The van der Waals surface area contributed by atoms with E-state index in [2.05, 4.69) is 39.8 Å². The van der Waals surface area contributed by atoms with Crippen molar-refractivity contribution in [2.75, 3.05) is 24.5 Å². The second-order valence-electron chi connectivity index (χ2n) is 10.5. The van der Waals surface area contributed by atoms with E-state index >= 15 is 0 Å². The quantitative estimate of drug-likeness (QED) is 0.231. The highest BCUT2D eigenvalue weighted by Gasteiger charge is 2.28. The molecule has 2 fully saturated rings. The molecule has 2 aromatic rings. The zero-order valence-electron chi connectivity index (χ0n) is 21.5. The van der Waals surface area contributed by atoms with Crippen molar-refractivity contribution in [1.82, 2.24) is 16.1 Å². The summed E-state index contributed by atoms with van der Waals surface area (Å²) in [5.41, 5.74) is 5.55. The highest BCUT2D eigenvalue weighted by Crippen LogP contribution is 2.27. The fraction of sp³-hybridized carbons (Fsp3) is 0.517. The lowest BCUT2D eigenvalue weighted by atomic mass is 9.84. The Morgan fingerprint density at radius 2 is 1.49 bits per heavy atom. The van der Waals surface area contributed by atoms with Gasteiger partial charge in [0.1, 0.15) is 6.04 Å². The molecular formula is C29H40N4O4. The Hall–Kier alpha value is -2.94. The van der Waals surface area contributed by atoms with Gasteiger partial charge < -0.3 is 20.6 Å². The minimum atomic E-state index is -0.733. The van der Waals surface area contributed by atoms with Gasteiger partial charge in [0.05, 0.1) is 0 Å². The van der Waals surface area contributed by atoms with Crippen LogP contribution in [0.2, 0.25) is 0 Å². The number of benzene rings is 2. The summed E-state index contributed by atoms with van der Waals surface area (Å²) in [5.74, 6) is -0.359. The van der Waals surface area contributed by atoms with Gasteiger partial charge >= 0.3 is 5.97 Å². The molecule has 1 heterocycles. The molecule has 1 amide bonds. The van der Waals surface area contributed by atoms with Gasteiger partial charge in [0.25, 0.3) is 5.91 Å². The van der Waals surface area contributed by atoms with Gasteiger partial charge in [-0.15, -0.1) is 0 Å². The number of aliphatic carboxylic acids is 1. The van der Waals surface area contributed by atoms with Crippen LogP contribution in [0.1, 0.15) is 66.4 Å². The van der Waals surface area contributed by atoms with E-state index in [1.54, 1.807) is 17.6 Å². The average molecular weight is 509 g/mol. The Morgan fingerprint density at radius 3 is 2.08 bits per heavy atom. The second kappa shape index (κ2) is 13.6. The summed E-state index contributed by atoms with van der Waals surface area (Å²) in [4.78, 5) is 25.6. The molecule has 0 radical (unpaired) electrons. The molecule has 0 spiro atoms. The smallest absolute Gasteiger partial charge is 0.320 e. The topological polar surface area (TPSA) is 114 Å². The lowest BCUT2D eigenvalue weighted by Crippen LogP contribution is -2.43. The van der Waals surface area contributed by atoms with Crippen LogP contribution in [-0.4, -0.2) is 47.9 Å². The number of anilines is 1. The van der Waals surface area contributed by atoms with Gasteiger partial charge in [0, 0.05) is 37.4 Å². The van der Waals surface area contributed by atoms with E-state index in [4.69, 9.17) is 5.21 Å². The fourth-order valence-corrected chi connectivity index (χ4v) is 5.63. The van der Waals surface area contributed by atoms with E-state index in [-0.39, 0.29) is 5.92 Å². The van der Waals surface area contributed by atoms with Crippen molar-refractivity contribution in [2.24, 2.45) is 11.8 Å². The maximum atomic E-state index is 11.8. The summed E-state index contributed by atoms with van der Waals surface area (Å²) in [6, 6.07) is 15.3. The van der Waals surface area contributed by atoms with Gasteiger partial charge in [-0.1, -0.05) is 43.5 Å². The number of hydrogen-bond acceptors (Lipinski definition) is 6. The Kier molecular flexibility index (Phi) is 9.93. The predicted octanol–water partition coefficient (Wildman–Crippen LogP) is 3.93. The van der Waals surface area contributed by atoms with Crippen molar-refractivity contribution in [3.05, 3.63) is 65.2 Å². The molecule has 8 nitrogen and oxygen atoms in total. The number of carboxylic acids is 1. The number of hydroxylamine groups is 1. The molecule has 5 N–H and O–H groups in total. The van der Waals surface area contributed by atoms with Crippen molar-refractivity contribution in [1.29, 1.82) is 0 Å². The summed E-state index contributed by atoms with van der Waals surface area (Å²) >= 11 is 0. The van der Waals surface area contributed by atoms with Gasteiger partial charge in [-0.3, -0.25) is 14.8 Å². The number of amides is 1. The number of carbonyl (C=O) groups excluding carboxylic acids is 1. The highest BCUT2D eigenvalue weighted by atomic mass is 16.5. The Labute approximate surface area is 219 Å². The molecule has 1 atom stereocenters. The first-order valence-electron chi connectivity index (χ1n) is 13.6. The van der Waals surface area contributed by atoms with Crippen molar-refractivity contribution in [3.63, 3.8) is 0 Å². The lowest BCUT2D eigenvalue weighted by Gasteiger charge is -2.33. The van der Waals surface area contributed by atoms with E-state index in [0.717, 1.165) is 76.0 Å². The van der Waals surface area contributed by atoms with Crippen LogP contribution in [0.15, 0.2) is 48.5 Å². The summed E-state index contributed by atoms with van der Waals surface area (Å²) in [6.07, 6.45) is 7.74. The van der Waals surface area contributed by atoms with Gasteiger partial charge in [-0.2, -0.15) is 0 Å². The normalized spacial score (nSPS) is 17.9. The molecule has 1 saturated carbocycles. The molecule has 1 aliphatic carbocycles. The standard InChI is InChI=1S/C29H40N4O4/c34-28(32-37)25-10-12-26(13-11-25)33-16-14-23(15-17-33)19-30-18-21-6-8-22(9-7-21)20-31-27(29(35)36)24-4-2-1-3-5-24/h6-13,23-24,27,30-31,37H,1-5,14-20H2,(H,32,34)(H,35,36). The van der Waals surface area contributed by atoms with Crippen LogP contribution in [-0.2, 0) is 17.9 Å². The van der Waals surface area contributed by atoms with Crippen LogP contribution in [0.25, 0.3) is 0 Å². The van der Waals surface area contributed by atoms with Crippen LogP contribution in [0, 0.1) is 11.8 Å². The van der Waals surface area contributed by atoms with Crippen molar-refractivity contribution >= 4 is 17.6 Å². The van der Waals surface area contributed by atoms with E-state index in [1.165, 1.54) is 12.0 Å². The number of nitrogens with zero attached hydrogens (tertiary/aromatic N) is 1. The molecule has 1 unspecified atom stereocenters. The largest absolute Gasteiger partial charge is 0.480 e. The third kappa shape index (κ3) is 7.77. The number of piperidine rings is 1. The van der Waals surface area contributed by atoms with Crippen LogP contribution in [0.3, 0.4) is 0 Å². The van der Waals surface area contributed by atoms with Gasteiger partial charge in [-0.25, -0.2) is 5.48 Å². The zero-order valence-corrected chi connectivity index (χ0v) is 21.5. The van der Waals surface area contributed by atoms with Crippen LogP contribution < -0.4 is 21.0 Å². The summed E-state index contributed by atoms with van der Waals surface area (Å²) in [7, 11) is 0. The van der Waals surface area contributed by atoms with Gasteiger partial charge in [0.2, 0.25) is 0 Å². The average Bonchev–Trinajstić information content (AvgIpc) is 2.94. The van der Waals surface area contributed by atoms with Crippen molar-refractivity contribution in [3.8, 4) is 0 Å². The molecule has 0 bridgehead atoms. The maximum Gasteiger partial charge on any atom is 0.320 e. The minimum absolute atomic E-state index is 0.238. The third-order valence-corrected chi connectivity index (χ3v) is 7.91. The summed E-state index contributed by atoms with van der Waals surface area (Å²) < 4.78 is 0. The van der Waals surface area contributed by atoms with Gasteiger partial charge in [-0.05, 0) is 79.5 Å². The third-order valence-electron chi connectivity index (χ3n) is 7.91. The minimum Gasteiger partial charge on any atom is -0.480 e. The van der Waals surface area contributed by atoms with E-state index in [9.17, 15) is 14.7 Å². The van der Waals surface area contributed by atoms with E-state index < -0.39 is 17.9 Å². The first-order valence-corrected chi connectivity index (χ1v) is 13.6. The molecule has 200 valence electrons. The molecule has 8 heteroatoms. The predicted molar refractivity (Wildman–Crippen MR) is 144 cm³/mol. The lowest BCUT2D eigenvalue weighted by molar-refractivity contribution is -0.141. The molecule has 37 heavy (non-hydrogen) atoms. The van der Waals surface area contributed by atoms with Crippen LogP contribution >= 0.6 is 0 Å². The molecule has 0 aromatic heterocycles. The molecule has 4 rings (SSSR count). The fourth-order valence-electron chi connectivity index (χ4n) is 5.63. The second-order valence-corrected chi connectivity index (χ2v) is 10.5. The Balaban J connectivity index is 1.15. The molecule has 1 saturated heterocycles. The number of nitrogens with one attached hydrogen (secondary N) is 3. The van der Waals surface area contributed by atoms with Crippen molar-refractivity contribution in [2.45, 2.75) is 64.1 Å². The Bertz CT molecular complexity index is 998. The molecule has 1 aliphatic heterocycles. The summed E-state index contributed by atoms with van der Waals surface area (Å²) in [6.45, 7) is 4.35. The van der Waals surface area contributed by atoms with Crippen LogP contribution in [0.5, 0.6) is 0 Å². The number of hydrogen-bond donors (Lipinski definition) is 5. The Morgan fingerprint density at radius 1 is 0.865 bits per heavy atom. The maximum absolute atomic E-state index is 11.8. The van der Waals surface area contributed by atoms with Crippen LogP contribution in [0.4, 0.5) is 5.69 Å². The van der Waals surface area contributed by atoms with E-state index in [0.29, 0.717) is 18.0 Å². The number of carbonyl (C=O) groups is 2. The number of rotatable bonds is 11. The molecular weight excluding hydrogens is 468 g/mol. The van der Waals surface area contributed by atoms with E-state index in [1.807, 2.05) is 12.1 Å². The summed E-state index contributed by atoms with van der Waals surface area (Å²) in [5, 5.41) is 25.3. The monoisotopic (exact) mass is 508 g/mol. The molecule has 2 aromatic carbocycles. The first kappa shape index (κ1) is 27.1. The SMILES string of the molecule is O=C(NO)c1ccc(N2CCC(CNCc3ccc(CNC(C(=O)O)C4CCCCC4)cc3)CC2)cc1.